The van der Waals surface area contributed by atoms with Crippen molar-refractivity contribution in [1.82, 2.24) is 14.7 Å². The van der Waals surface area contributed by atoms with E-state index < -0.39 is 12.0 Å². The molecular formula is C21H28N4O5S. The minimum absolute atomic E-state index is 0.00264. The monoisotopic (exact) mass is 448 g/mol. The largest absolute Gasteiger partial charge is 0.465 e. The first kappa shape index (κ1) is 23.1. The highest BCUT2D eigenvalue weighted by atomic mass is 32.1. The zero-order valence-corrected chi connectivity index (χ0v) is 18.7. The summed E-state index contributed by atoms with van der Waals surface area (Å²) in [6.45, 7) is 6.76. The molecule has 1 atom stereocenters. The van der Waals surface area contributed by atoms with Gasteiger partial charge in [-0.1, -0.05) is 0 Å². The molecule has 0 saturated carbocycles. The Bertz CT molecular complexity index is 826. The zero-order chi connectivity index (χ0) is 22.4. The summed E-state index contributed by atoms with van der Waals surface area (Å²) in [4.78, 5) is 42.8. The van der Waals surface area contributed by atoms with Gasteiger partial charge in [0.25, 0.3) is 5.91 Å². The summed E-state index contributed by atoms with van der Waals surface area (Å²) in [7, 11) is 1.31. The summed E-state index contributed by atoms with van der Waals surface area (Å²) in [5.74, 6) is -0.884. The van der Waals surface area contributed by atoms with Crippen LogP contribution in [-0.4, -0.2) is 96.7 Å². The van der Waals surface area contributed by atoms with E-state index >= 15 is 0 Å². The molecule has 2 amide bonds. The Balaban J connectivity index is 1.63. The van der Waals surface area contributed by atoms with Crippen LogP contribution in [0.15, 0.2) is 24.3 Å². The maximum Gasteiger partial charge on any atom is 0.337 e. The van der Waals surface area contributed by atoms with Crippen LogP contribution in [0.1, 0.15) is 23.7 Å². The molecule has 168 valence electrons. The number of thiocarbonyl (C=S) groups is 1. The van der Waals surface area contributed by atoms with Crippen molar-refractivity contribution in [3.8, 4) is 0 Å². The second-order valence-electron chi connectivity index (χ2n) is 7.35. The number of benzene rings is 1. The minimum atomic E-state index is -0.622. The second-order valence-corrected chi connectivity index (χ2v) is 7.71. The molecule has 10 heteroatoms. The van der Waals surface area contributed by atoms with Crippen molar-refractivity contribution < 1.29 is 23.9 Å². The van der Waals surface area contributed by atoms with Crippen LogP contribution in [0.4, 0.5) is 5.69 Å². The Labute approximate surface area is 187 Å². The standard InChI is InChI=1S/C21H28N4O5S/c1-3-24-19(27)17(25(21(24)31)9-8-23-10-12-30-13-11-23)14-18(26)22-16-6-4-15(5-7-16)20(28)29-2/h4-7,17H,3,8-14H2,1-2H3,(H,22,26)/t17-/m0/s1. The quantitative estimate of drug-likeness (QED) is 0.464. The lowest BCUT2D eigenvalue weighted by atomic mass is 10.1. The molecule has 0 unspecified atom stereocenters. The first-order valence-electron chi connectivity index (χ1n) is 10.3. The SMILES string of the molecule is CCN1C(=O)[C@H](CC(=O)Nc2ccc(C(=O)OC)cc2)N(CCN2CCOCC2)C1=S. The molecule has 0 aliphatic carbocycles. The molecule has 2 aliphatic heterocycles. The Morgan fingerprint density at radius 1 is 1.19 bits per heavy atom. The number of carbonyl (C=O) groups excluding carboxylic acids is 3. The number of nitrogens with one attached hydrogen (secondary N) is 1. The third-order valence-corrected chi connectivity index (χ3v) is 5.90. The number of hydrogen-bond acceptors (Lipinski definition) is 7. The normalized spacial score (nSPS) is 19.6. The first-order valence-corrected chi connectivity index (χ1v) is 10.8. The van der Waals surface area contributed by atoms with Crippen molar-refractivity contribution in [1.29, 1.82) is 0 Å². The number of anilines is 1. The van der Waals surface area contributed by atoms with Crippen LogP contribution in [0, 0.1) is 0 Å². The van der Waals surface area contributed by atoms with Gasteiger partial charge in [-0.15, -0.1) is 0 Å². The van der Waals surface area contributed by atoms with Gasteiger partial charge in [-0.05, 0) is 43.4 Å². The lowest BCUT2D eigenvalue weighted by molar-refractivity contribution is -0.130. The van der Waals surface area contributed by atoms with Crippen LogP contribution in [0.3, 0.4) is 0 Å². The molecule has 0 radical (unpaired) electrons. The molecular weight excluding hydrogens is 420 g/mol. The van der Waals surface area contributed by atoms with E-state index in [9.17, 15) is 14.4 Å². The fourth-order valence-electron chi connectivity index (χ4n) is 3.70. The molecule has 0 aromatic heterocycles. The summed E-state index contributed by atoms with van der Waals surface area (Å²) in [5, 5.41) is 3.26. The smallest absolute Gasteiger partial charge is 0.337 e. The van der Waals surface area contributed by atoms with Crippen LogP contribution in [-0.2, 0) is 19.1 Å². The number of ether oxygens (including phenoxy) is 2. The number of rotatable bonds is 8. The van der Waals surface area contributed by atoms with Crippen molar-refractivity contribution in [2.75, 3.05) is 58.4 Å². The lowest BCUT2D eigenvalue weighted by Crippen LogP contribution is -2.45. The first-order chi connectivity index (χ1) is 14.9. The number of carbonyl (C=O) groups is 3. The molecule has 9 nitrogen and oxygen atoms in total. The Morgan fingerprint density at radius 2 is 1.87 bits per heavy atom. The lowest BCUT2D eigenvalue weighted by Gasteiger charge is -2.30. The van der Waals surface area contributed by atoms with E-state index in [0.717, 1.165) is 19.6 Å². The summed E-state index contributed by atoms with van der Waals surface area (Å²) >= 11 is 5.53. The number of methoxy groups -OCH3 is 1. The number of amides is 2. The van der Waals surface area contributed by atoms with Gasteiger partial charge in [0.1, 0.15) is 6.04 Å². The van der Waals surface area contributed by atoms with Gasteiger partial charge in [-0.2, -0.15) is 0 Å². The summed E-state index contributed by atoms with van der Waals surface area (Å²) < 4.78 is 10.0. The minimum Gasteiger partial charge on any atom is -0.465 e. The molecule has 1 N–H and O–H groups in total. The van der Waals surface area contributed by atoms with Crippen molar-refractivity contribution in [3.05, 3.63) is 29.8 Å². The van der Waals surface area contributed by atoms with Gasteiger partial charge in [0.15, 0.2) is 5.11 Å². The number of hydrogen-bond donors (Lipinski definition) is 1. The molecule has 2 saturated heterocycles. The maximum atomic E-state index is 12.9. The van der Waals surface area contributed by atoms with E-state index in [1.54, 1.807) is 29.2 Å². The molecule has 0 bridgehead atoms. The van der Waals surface area contributed by atoms with Crippen molar-refractivity contribution >= 4 is 40.8 Å². The number of morpholine rings is 1. The van der Waals surface area contributed by atoms with E-state index in [0.29, 0.717) is 42.7 Å². The van der Waals surface area contributed by atoms with E-state index in [-0.39, 0.29) is 18.2 Å². The summed E-state index contributed by atoms with van der Waals surface area (Å²) in [6, 6.07) is 5.78. The van der Waals surface area contributed by atoms with Gasteiger partial charge in [0, 0.05) is 38.4 Å². The van der Waals surface area contributed by atoms with Crippen molar-refractivity contribution in [3.63, 3.8) is 0 Å². The fourth-order valence-corrected chi connectivity index (χ4v) is 4.14. The van der Waals surface area contributed by atoms with Gasteiger partial charge < -0.3 is 19.7 Å². The van der Waals surface area contributed by atoms with Crippen molar-refractivity contribution in [2.24, 2.45) is 0 Å². The number of esters is 1. The highest BCUT2D eigenvalue weighted by Crippen LogP contribution is 2.21. The summed E-state index contributed by atoms with van der Waals surface area (Å²) in [5.41, 5.74) is 0.933. The summed E-state index contributed by atoms with van der Waals surface area (Å²) in [6.07, 6.45) is -0.00264. The molecule has 1 aromatic carbocycles. The predicted octanol–water partition coefficient (Wildman–Crippen LogP) is 0.952. The maximum absolute atomic E-state index is 12.9. The second kappa shape index (κ2) is 10.7. The molecule has 2 fully saturated rings. The number of likely N-dealkylation sites (N-methyl/N-ethyl adjacent to an activating group) is 1. The van der Waals surface area contributed by atoms with E-state index in [1.807, 2.05) is 11.8 Å². The molecule has 2 aliphatic rings. The third-order valence-electron chi connectivity index (χ3n) is 5.45. The van der Waals surface area contributed by atoms with E-state index in [2.05, 4.69) is 15.0 Å². The Kier molecular flexibility index (Phi) is 7.94. The molecule has 1 aromatic rings. The van der Waals surface area contributed by atoms with Crippen LogP contribution in [0.25, 0.3) is 0 Å². The van der Waals surface area contributed by atoms with Crippen molar-refractivity contribution in [2.45, 2.75) is 19.4 Å². The van der Waals surface area contributed by atoms with Crippen LogP contribution in [0.5, 0.6) is 0 Å². The van der Waals surface area contributed by atoms with Crippen LogP contribution in [0.2, 0.25) is 0 Å². The van der Waals surface area contributed by atoms with Gasteiger partial charge >= 0.3 is 5.97 Å². The highest BCUT2D eigenvalue weighted by molar-refractivity contribution is 7.80. The average molecular weight is 449 g/mol. The van der Waals surface area contributed by atoms with Gasteiger partial charge in [-0.25, -0.2) is 4.79 Å². The molecule has 31 heavy (non-hydrogen) atoms. The Hall–Kier alpha value is -2.56. The van der Waals surface area contributed by atoms with Gasteiger partial charge in [0.05, 0.1) is 32.3 Å². The third kappa shape index (κ3) is 5.57. The predicted molar refractivity (Wildman–Crippen MR) is 119 cm³/mol. The topological polar surface area (TPSA) is 91.4 Å². The molecule has 0 spiro atoms. The van der Waals surface area contributed by atoms with Crippen LogP contribution < -0.4 is 5.32 Å². The fraction of sp³-hybridized carbons (Fsp3) is 0.524. The Morgan fingerprint density at radius 3 is 2.48 bits per heavy atom. The number of nitrogens with zero attached hydrogens (tertiary/aromatic N) is 3. The zero-order valence-electron chi connectivity index (χ0n) is 17.8. The van der Waals surface area contributed by atoms with Gasteiger partial charge in [-0.3, -0.25) is 19.4 Å². The van der Waals surface area contributed by atoms with Crippen LogP contribution >= 0.6 is 12.2 Å². The van der Waals surface area contributed by atoms with Gasteiger partial charge in [0.2, 0.25) is 5.91 Å². The van der Waals surface area contributed by atoms with E-state index in [4.69, 9.17) is 17.0 Å². The average Bonchev–Trinajstić information content (AvgIpc) is 3.01. The van der Waals surface area contributed by atoms with E-state index in [1.165, 1.54) is 7.11 Å². The molecule has 2 heterocycles. The molecule has 3 rings (SSSR count). The highest BCUT2D eigenvalue weighted by Gasteiger charge is 2.42.